The first kappa shape index (κ1) is 18.2. The van der Waals surface area contributed by atoms with Gasteiger partial charge in [-0.05, 0) is 24.3 Å². The summed E-state index contributed by atoms with van der Waals surface area (Å²) in [4.78, 5) is 41.4. The van der Waals surface area contributed by atoms with Crippen molar-refractivity contribution in [2.75, 3.05) is 18.2 Å². The number of amides is 1. The first-order valence-corrected chi connectivity index (χ1v) is 8.59. The molecule has 7 nitrogen and oxygen atoms in total. The molecular formula is C15H14BrN3O4S. The molecule has 0 radical (unpaired) electrons. The van der Waals surface area contributed by atoms with E-state index in [2.05, 4.69) is 36.0 Å². The van der Waals surface area contributed by atoms with Crippen LogP contribution in [0.5, 0.6) is 0 Å². The molecule has 0 aliphatic rings. The van der Waals surface area contributed by atoms with Gasteiger partial charge in [0.05, 0.1) is 25.0 Å². The molecule has 2 N–H and O–H groups in total. The molecule has 0 aliphatic heterocycles. The number of carbonyl (C=O) groups is 2. The van der Waals surface area contributed by atoms with Gasteiger partial charge in [-0.3, -0.25) is 14.4 Å². The molecule has 0 fully saturated rings. The van der Waals surface area contributed by atoms with Gasteiger partial charge in [0.15, 0.2) is 5.16 Å². The van der Waals surface area contributed by atoms with Gasteiger partial charge in [-0.25, -0.2) is 4.98 Å². The van der Waals surface area contributed by atoms with E-state index in [4.69, 9.17) is 0 Å². The molecule has 126 valence electrons. The van der Waals surface area contributed by atoms with Crippen LogP contribution in [0.3, 0.4) is 0 Å². The van der Waals surface area contributed by atoms with E-state index in [-0.39, 0.29) is 28.8 Å². The smallest absolute Gasteiger partial charge is 0.311 e. The molecule has 24 heavy (non-hydrogen) atoms. The molecule has 2 rings (SSSR count). The predicted molar refractivity (Wildman–Crippen MR) is 94.1 cm³/mol. The average Bonchev–Trinajstić information content (AvgIpc) is 2.54. The molecule has 1 heterocycles. The van der Waals surface area contributed by atoms with Gasteiger partial charge in [0.1, 0.15) is 0 Å². The van der Waals surface area contributed by atoms with Crippen molar-refractivity contribution in [2.24, 2.45) is 0 Å². The highest BCUT2D eigenvalue weighted by molar-refractivity contribution is 9.10. The Balaban J connectivity index is 1.95. The number of nitrogens with zero attached hydrogens (tertiary/aromatic N) is 1. The van der Waals surface area contributed by atoms with E-state index in [1.165, 1.54) is 13.2 Å². The Morgan fingerprint density at radius 3 is 2.71 bits per heavy atom. The predicted octanol–water partition coefficient (Wildman–Crippen LogP) is 1.98. The van der Waals surface area contributed by atoms with E-state index in [1.54, 1.807) is 12.1 Å². The van der Waals surface area contributed by atoms with Gasteiger partial charge in [0.2, 0.25) is 5.91 Å². The minimum Gasteiger partial charge on any atom is -0.469 e. The van der Waals surface area contributed by atoms with Gasteiger partial charge in [0.25, 0.3) is 5.56 Å². The summed E-state index contributed by atoms with van der Waals surface area (Å²) < 4.78 is 5.46. The van der Waals surface area contributed by atoms with Gasteiger partial charge in [-0.1, -0.05) is 27.7 Å². The summed E-state index contributed by atoms with van der Waals surface area (Å²) in [6.07, 6.45) is -0.0981. The number of aromatic amines is 1. The summed E-state index contributed by atoms with van der Waals surface area (Å²) in [6.45, 7) is 0. The maximum absolute atomic E-state index is 11.9. The Labute approximate surface area is 150 Å². The van der Waals surface area contributed by atoms with Crippen LogP contribution in [0.4, 0.5) is 5.69 Å². The zero-order valence-corrected chi connectivity index (χ0v) is 15.1. The van der Waals surface area contributed by atoms with Crippen LogP contribution in [0.2, 0.25) is 0 Å². The number of esters is 1. The Hall–Kier alpha value is -2.13. The summed E-state index contributed by atoms with van der Waals surface area (Å²) in [5.41, 5.74) is 0.575. The van der Waals surface area contributed by atoms with Crippen LogP contribution >= 0.6 is 27.7 Å². The monoisotopic (exact) mass is 411 g/mol. The number of H-pyrrole nitrogens is 1. The minimum absolute atomic E-state index is 0.0701. The summed E-state index contributed by atoms with van der Waals surface area (Å²) in [6, 6.07) is 8.40. The van der Waals surface area contributed by atoms with Gasteiger partial charge in [-0.15, -0.1) is 0 Å². The normalized spacial score (nSPS) is 10.2. The second-order valence-electron chi connectivity index (χ2n) is 4.64. The Morgan fingerprint density at radius 2 is 2.04 bits per heavy atom. The third-order valence-electron chi connectivity index (χ3n) is 2.79. The van der Waals surface area contributed by atoms with Crippen LogP contribution in [0.25, 0.3) is 0 Å². The third-order valence-corrected chi connectivity index (χ3v) is 4.20. The zero-order chi connectivity index (χ0) is 17.5. The summed E-state index contributed by atoms with van der Waals surface area (Å²) >= 11 is 4.39. The molecule has 9 heteroatoms. The van der Waals surface area contributed by atoms with E-state index in [9.17, 15) is 14.4 Å². The van der Waals surface area contributed by atoms with Crippen LogP contribution in [0.15, 0.2) is 44.8 Å². The molecule has 0 saturated heterocycles. The fourth-order valence-electron chi connectivity index (χ4n) is 1.73. The van der Waals surface area contributed by atoms with Gasteiger partial charge >= 0.3 is 5.97 Å². The maximum atomic E-state index is 11.9. The summed E-state index contributed by atoms with van der Waals surface area (Å²) in [7, 11) is 1.26. The van der Waals surface area contributed by atoms with E-state index in [0.717, 1.165) is 16.2 Å². The van der Waals surface area contributed by atoms with E-state index >= 15 is 0 Å². The highest BCUT2D eigenvalue weighted by Gasteiger charge is 2.09. The number of halogens is 1. The number of methoxy groups -OCH3 is 1. The molecular weight excluding hydrogens is 398 g/mol. The lowest BCUT2D eigenvalue weighted by Gasteiger charge is -2.06. The topological polar surface area (TPSA) is 101 Å². The molecule has 0 aliphatic carbocycles. The molecule has 1 aromatic carbocycles. The van der Waals surface area contributed by atoms with E-state index in [1.807, 2.05) is 12.1 Å². The largest absolute Gasteiger partial charge is 0.469 e. The first-order valence-electron chi connectivity index (χ1n) is 6.81. The molecule has 0 atom stereocenters. The molecule has 0 unspecified atom stereocenters. The molecule has 0 spiro atoms. The SMILES string of the molecule is COC(=O)Cc1cc(=O)[nH]c(SCC(=O)Nc2ccc(Br)cc2)n1. The quantitative estimate of drug-likeness (QED) is 0.428. The lowest BCUT2D eigenvalue weighted by atomic mass is 10.3. The number of hydrogen-bond donors (Lipinski definition) is 2. The fraction of sp³-hybridized carbons (Fsp3) is 0.200. The molecule has 0 bridgehead atoms. The lowest BCUT2D eigenvalue weighted by Crippen LogP contribution is -2.16. The number of aromatic nitrogens is 2. The number of carbonyl (C=O) groups excluding carboxylic acids is 2. The maximum Gasteiger partial charge on any atom is 0.311 e. The van der Waals surface area contributed by atoms with Gasteiger partial charge < -0.3 is 15.0 Å². The molecule has 1 amide bonds. The second kappa shape index (κ2) is 8.65. The lowest BCUT2D eigenvalue weighted by molar-refractivity contribution is -0.139. The number of benzene rings is 1. The van der Waals surface area contributed by atoms with Crippen LogP contribution in [-0.4, -0.2) is 34.7 Å². The number of thioether (sulfide) groups is 1. The van der Waals surface area contributed by atoms with Crippen molar-refractivity contribution in [3.8, 4) is 0 Å². The van der Waals surface area contributed by atoms with Crippen molar-refractivity contribution in [1.29, 1.82) is 0 Å². The summed E-state index contributed by atoms with van der Waals surface area (Å²) in [5, 5.41) is 3.01. The number of hydrogen-bond acceptors (Lipinski definition) is 6. The van der Waals surface area contributed by atoms with Crippen LogP contribution in [-0.2, 0) is 20.7 Å². The fourth-order valence-corrected chi connectivity index (χ4v) is 2.69. The molecule has 0 saturated carbocycles. The van der Waals surface area contributed by atoms with Gasteiger partial charge in [-0.2, -0.15) is 0 Å². The number of ether oxygens (including phenoxy) is 1. The van der Waals surface area contributed by atoms with Crippen molar-refractivity contribution in [2.45, 2.75) is 11.6 Å². The number of rotatable bonds is 6. The highest BCUT2D eigenvalue weighted by Crippen LogP contribution is 2.16. The Kier molecular flexibility index (Phi) is 6.56. The average molecular weight is 412 g/mol. The van der Waals surface area contributed by atoms with E-state index < -0.39 is 5.97 Å². The van der Waals surface area contributed by atoms with Crippen LogP contribution < -0.4 is 10.9 Å². The van der Waals surface area contributed by atoms with E-state index in [0.29, 0.717) is 11.4 Å². The van der Waals surface area contributed by atoms with Crippen molar-refractivity contribution in [3.05, 3.63) is 50.9 Å². The molecule has 2 aromatic rings. The Morgan fingerprint density at radius 1 is 1.33 bits per heavy atom. The van der Waals surface area contributed by atoms with Crippen LogP contribution in [0, 0.1) is 0 Å². The first-order chi connectivity index (χ1) is 11.5. The van der Waals surface area contributed by atoms with Crippen molar-refractivity contribution >= 4 is 45.3 Å². The minimum atomic E-state index is -0.489. The van der Waals surface area contributed by atoms with Crippen LogP contribution in [0.1, 0.15) is 5.69 Å². The number of anilines is 1. The zero-order valence-electron chi connectivity index (χ0n) is 12.7. The number of nitrogens with one attached hydrogen (secondary N) is 2. The standard InChI is InChI=1S/C15H14BrN3O4S/c1-23-14(22)7-11-6-12(20)19-15(18-11)24-8-13(21)17-10-4-2-9(16)3-5-10/h2-6H,7-8H2,1H3,(H,17,21)(H,18,19,20). The summed E-state index contributed by atoms with van der Waals surface area (Å²) in [5.74, 6) is -0.652. The van der Waals surface area contributed by atoms with Crippen molar-refractivity contribution < 1.29 is 14.3 Å². The van der Waals surface area contributed by atoms with Gasteiger partial charge in [0, 0.05) is 16.2 Å². The van der Waals surface area contributed by atoms with Crippen molar-refractivity contribution in [1.82, 2.24) is 9.97 Å². The highest BCUT2D eigenvalue weighted by atomic mass is 79.9. The van der Waals surface area contributed by atoms with Crippen molar-refractivity contribution in [3.63, 3.8) is 0 Å². The Bertz CT molecular complexity index is 792. The third kappa shape index (κ3) is 5.82. The second-order valence-corrected chi connectivity index (χ2v) is 6.52. The molecule has 1 aromatic heterocycles.